The van der Waals surface area contributed by atoms with Gasteiger partial charge < -0.3 is 10.1 Å². The van der Waals surface area contributed by atoms with Gasteiger partial charge in [-0.2, -0.15) is 5.10 Å². The molecule has 0 bridgehead atoms. The third kappa shape index (κ3) is 4.53. The van der Waals surface area contributed by atoms with Crippen LogP contribution >= 0.6 is 0 Å². The van der Waals surface area contributed by atoms with Crippen LogP contribution in [-0.2, 0) is 7.05 Å². The third-order valence-corrected chi connectivity index (χ3v) is 5.54. The number of nitrogens with zero attached hydrogens (tertiary/aromatic N) is 2. The Kier molecular flexibility index (Phi) is 5.56. The average molecular weight is 453 g/mol. The molecule has 1 aliphatic rings. The van der Waals surface area contributed by atoms with E-state index in [1.807, 2.05) is 0 Å². The third-order valence-electron chi connectivity index (χ3n) is 5.54. The van der Waals surface area contributed by atoms with Gasteiger partial charge in [0.15, 0.2) is 0 Å². The van der Waals surface area contributed by atoms with Crippen molar-refractivity contribution < 1.29 is 31.5 Å². The molecule has 0 radical (unpaired) electrons. The van der Waals surface area contributed by atoms with Crippen molar-refractivity contribution in [2.75, 3.05) is 0 Å². The minimum absolute atomic E-state index is 0.224. The standard InChI is InChI=1S/C22H20F5N3O2/c1-30-17-12-14(20(31)28-18-4-2-3-11-21(18,23)24)7-10-16(17)19(29-30)13-5-8-15(9-6-13)32-22(25,26)27/h5-10,12,18H,2-4,11H2,1H3,(H,28,31). The van der Waals surface area contributed by atoms with E-state index in [1.54, 1.807) is 19.2 Å². The minimum atomic E-state index is -4.78. The van der Waals surface area contributed by atoms with Crippen molar-refractivity contribution in [3.8, 4) is 17.0 Å². The van der Waals surface area contributed by atoms with Gasteiger partial charge >= 0.3 is 6.36 Å². The highest BCUT2D eigenvalue weighted by molar-refractivity contribution is 6.01. The van der Waals surface area contributed by atoms with Crippen LogP contribution < -0.4 is 10.1 Å². The van der Waals surface area contributed by atoms with Crippen LogP contribution in [0.2, 0.25) is 0 Å². The van der Waals surface area contributed by atoms with Gasteiger partial charge in [0, 0.05) is 30.0 Å². The lowest BCUT2D eigenvalue weighted by molar-refractivity contribution is -0.274. The van der Waals surface area contributed by atoms with Crippen molar-refractivity contribution in [2.45, 2.75) is 44.0 Å². The lowest BCUT2D eigenvalue weighted by Crippen LogP contribution is -2.49. The monoisotopic (exact) mass is 453 g/mol. The summed E-state index contributed by atoms with van der Waals surface area (Å²) in [5.74, 6) is -3.87. The molecule has 0 spiro atoms. The first-order valence-corrected chi connectivity index (χ1v) is 10.1. The summed E-state index contributed by atoms with van der Waals surface area (Å²) >= 11 is 0. The van der Waals surface area contributed by atoms with Gasteiger partial charge in [0.05, 0.1) is 11.6 Å². The normalized spacial score (nSPS) is 18.5. The molecule has 1 amide bonds. The predicted octanol–water partition coefficient (Wildman–Crippen LogP) is 5.45. The second-order valence-corrected chi connectivity index (χ2v) is 7.81. The Morgan fingerprint density at radius 1 is 1.16 bits per heavy atom. The molecule has 1 heterocycles. The quantitative estimate of drug-likeness (QED) is 0.535. The zero-order valence-electron chi connectivity index (χ0n) is 17.0. The molecular formula is C22H20F5N3O2. The maximum atomic E-state index is 14.1. The number of aromatic nitrogens is 2. The second kappa shape index (κ2) is 8.07. The molecule has 1 atom stereocenters. The van der Waals surface area contributed by atoms with Crippen LogP contribution in [0.4, 0.5) is 22.0 Å². The van der Waals surface area contributed by atoms with E-state index in [1.165, 1.54) is 35.0 Å². The first kappa shape index (κ1) is 22.0. The fourth-order valence-electron chi connectivity index (χ4n) is 3.94. The van der Waals surface area contributed by atoms with Crippen molar-refractivity contribution in [1.82, 2.24) is 15.1 Å². The smallest absolute Gasteiger partial charge is 0.406 e. The highest BCUT2D eigenvalue weighted by Crippen LogP contribution is 2.34. The van der Waals surface area contributed by atoms with Crippen LogP contribution in [0.15, 0.2) is 42.5 Å². The maximum Gasteiger partial charge on any atom is 0.573 e. The van der Waals surface area contributed by atoms with Gasteiger partial charge in [-0.25, -0.2) is 8.78 Å². The molecule has 3 aromatic rings. The van der Waals surface area contributed by atoms with Crippen molar-refractivity contribution in [2.24, 2.45) is 7.05 Å². The molecule has 4 rings (SSSR count). The molecule has 32 heavy (non-hydrogen) atoms. The first-order chi connectivity index (χ1) is 15.0. The Balaban J connectivity index is 1.58. The van der Waals surface area contributed by atoms with Crippen LogP contribution in [-0.4, -0.2) is 34.0 Å². The van der Waals surface area contributed by atoms with E-state index in [2.05, 4.69) is 15.2 Å². The number of aryl methyl sites for hydroxylation is 1. The number of fused-ring (bicyclic) bond motifs is 1. The molecule has 1 saturated carbocycles. The highest BCUT2D eigenvalue weighted by atomic mass is 19.4. The lowest BCUT2D eigenvalue weighted by atomic mass is 9.91. The number of hydrogen-bond acceptors (Lipinski definition) is 3. The summed E-state index contributed by atoms with van der Waals surface area (Å²) in [5.41, 5.74) is 1.87. The van der Waals surface area contributed by atoms with Crippen LogP contribution in [0, 0.1) is 0 Å². The van der Waals surface area contributed by atoms with Crippen molar-refractivity contribution >= 4 is 16.8 Å². The summed E-state index contributed by atoms with van der Waals surface area (Å²) in [6.07, 6.45) is -3.72. The van der Waals surface area contributed by atoms with E-state index in [0.29, 0.717) is 35.0 Å². The van der Waals surface area contributed by atoms with Crippen LogP contribution in [0.3, 0.4) is 0 Å². The number of hydrogen-bond donors (Lipinski definition) is 1. The summed E-state index contributed by atoms with van der Waals surface area (Å²) in [6, 6.07) is 8.81. The Labute approximate surface area is 180 Å². The molecule has 1 unspecified atom stereocenters. The average Bonchev–Trinajstić information content (AvgIpc) is 3.05. The van der Waals surface area contributed by atoms with Gasteiger partial charge in [0.2, 0.25) is 0 Å². The Bertz CT molecular complexity index is 1140. The Hall–Kier alpha value is -3.17. The first-order valence-electron chi connectivity index (χ1n) is 10.1. The van der Waals surface area contributed by atoms with E-state index in [-0.39, 0.29) is 24.2 Å². The highest BCUT2D eigenvalue weighted by Gasteiger charge is 2.42. The SMILES string of the molecule is Cn1nc(-c2ccc(OC(F)(F)F)cc2)c2ccc(C(=O)NC3CCCCC3(F)F)cc21. The summed E-state index contributed by atoms with van der Waals surface area (Å²) in [5, 5.41) is 7.52. The number of amides is 1. The zero-order chi connectivity index (χ0) is 23.1. The van der Waals surface area contributed by atoms with E-state index in [0.717, 1.165) is 0 Å². The van der Waals surface area contributed by atoms with E-state index in [9.17, 15) is 26.7 Å². The summed E-state index contributed by atoms with van der Waals surface area (Å²) in [7, 11) is 1.66. The number of benzene rings is 2. The largest absolute Gasteiger partial charge is 0.573 e. The van der Waals surface area contributed by atoms with Crippen LogP contribution in [0.5, 0.6) is 5.75 Å². The molecule has 1 aromatic heterocycles. The fourth-order valence-corrected chi connectivity index (χ4v) is 3.94. The number of rotatable bonds is 4. The number of carbonyl (C=O) groups is 1. The lowest BCUT2D eigenvalue weighted by Gasteiger charge is -2.31. The second-order valence-electron chi connectivity index (χ2n) is 7.81. The van der Waals surface area contributed by atoms with Gasteiger partial charge in [-0.15, -0.1) is 13.2 Å². The molecule has 1 aliphatic carbocycles. The Morgan fingerprint density at radius 2 is 1.88 bits per heavy atom. The summed E-state index contributed by atoms with van der Waals surface area (Å²) < 4.78 is 70.6. The van der Waals surface area contributed by atoms with Gasteiger partial charge in [0.25, 0.3) is 11.8 Å². The van der Waals surface area contributed by atoms with E-state index in [4.69, 9.17) is 0 Å². The molecule has 2 aromatic carbocycles. The van der Waals surface area contributed by atoms with Gasteiger partial charge in [-0.1, -0.05) is 6.42 Å². The minimum Gasteiger partial charge on any atom is -0.406 e. The number of nitrogens with one attached hydrogen (secondary N) is 1. The number of alkyl halides is 5. The summed E-state index contributed by atoms with van der Waals surface area (Å²) in [6.45, 7) is 0. The molecule has 1 fully saturated rings. The molecule has 0 saturated heterocycles. The number of ether oxygens (including phenoxy) is 1. The fraction of sp³-hybridized carbons (Fsp3) is 0.364. The molecule has 1 N–H and O–H groups in total. The zero-order valence-corrected chi connectivity index (χ0v) is 17.0. The van der Waals surface area contributed by atoms with E-state index >= 15 is 0 Å². The number of halogens is 5. The molecule has 170 valence electrons. The van der Waals surface area contributed by atoms with Crippen LogP contribution in [0.25, 0.3) is 22.2 Å². The molecular weight excluding hydrogens is 433 g/mol. The van der Waals surface area contributed by atoms with Crippen molar-refractivity contribution in [3.05, 3.63) is 48.0 Å². The van der Waals surface area contributed by atoms with Gasteiger partial charge in [0.1, 0.15) is 11.4 Å². The number of carbonyl (C=O) groups excluding carboxylic acids is 1. The topological polar surface area (TPSA) is 56.2 Å². The molecule has 0 aliphatic heterocycles. The van der Waals surface area contributed by atoms with Crippen LogP contribution in [0.1, 0.15) is 36.0 Å². The molecule has 5 nitrogen and oxygen atoms in total. The summed E-state index contributed by atoms with van der Waals surface area (Å²) in [4.78, 5) is 12.6. The van der Waals surface area contributed by atoms with Gasteiger partial charge in [-0.05, 0) is 55.3 Å². The van der Waals surface area contributed by atoms with Crippen molar-refractivity contribution in [3.63, 3.8) is 0 Å². The predicted molar refractivity (Wildman–Crippen MR) is 108 cm³/mol. The Morgan fingerprint density at radius 3 is 2.53 bits per heavy atom. The van der Waals surface area contributed by atoms with E-state index < -0.39 is 24.2 Å². The maximum absolute atomic E-state index is 14.1. The molecule has 10 heteroatoms. The van der Waals surface area contributed by atoms with Gasteiger partial charge in [-0.3, -0.25) is 9.48 Å². The van der Waals surface area contributed by atoms with Crippen molar-refractivity contribution in [1.29, 1.82) is 0 Å².